The molecule has 1 fully saturated rings. The molecule has 0 radical (unpaired) electrons. The molecule has 0 bridgehead atoms. The third-order valence-corrected chi connectivity index (χ3v) is 7.57. The molecule has 2 unspecified atom stereocenters. The number of hydrogen-bond acceptors (Lipinski definition) is 6. The van der Waals surface area contributed by atoms with Gasteiger partial charge in [-0.1, -0.05) is 55.5 Å². The maximum atomic E-state index is 13.5. The fourth-order valence-electron chi connectivity index (χ4n) is 4.21. The van der Waals surface area contributed by atoms with Crippen LogP contribution in [0.15, 0.2) is 71.6 Å². The Morgan fingerprint density at radius 3 is 2.12 bits per heavy atom. The van der Waals surface area contributed by atoms with E-state index in [2.05, 4.69) is 4.90 Å². The molecule has 2 heterocycles. The van der Waals surface area contributed by atoms with Gasteiger partial charge in [0.05, 0.1) is 24.2 Å². The molecule has 182 valence electrons. The molecule has 2 aromatic carbocycles. The normalized spacial score (nSPS) is 20.8. The van der Waals surface area contributed by atoms with Crippen molar-refractivity contribution in [3.63, 3.8) is 0 Å². The number of carboxylic acid groups (broad SMARTS) is 2. The summed E-state index contributed by atoms with van der Waals surface area (Å²) >= 11 is 0. The van der Waals surface area contributed by atoms with E-state index in [1.807, 2.05) is 49.4 Å². The average molecular weight is 489 g/mol. The first-order valence-electron chi connectivity index (χ1n) is 10.9. The molecule has 0 saturated carbocycles. The molecule has 2 atom stereocenters. The Morgan fingerprint density at radius 2 is 1.56 bits per heavy atom. The van der Waals surface area contributed by atoms with E-state index in [0.717, 1.165) is 30.6 Å². The summed E-state index contributed by atoms with van der Waals surface area (Å²) in [4.78, 5) is 21.8. The highest BCUT2D eigenvalue weighted by molar-refractivity contribution is 7.89. The van der Waals surface area contributed by atoms with Crippen molar-refractivity contribution in [2.75, 3.05) is 26.3 Å². The zero-order valence-corrected chi connectivity index (χ0v) is 19.6. The number of morpholine rings is 1. The van der Waals surface area contributed by atoms with Crippen molar-refractivity contribution in [3.05, 3.63) is 77.9 Å². The molecular weight excluding hydrogens is 460 g/mol. The van der Waals surface area contributed by atoms with E-state index in [0.29, 0.717) is 30.3 Å². The van der Waals surface area contributed by atoms with Crippen LogP contribution in [-0.2, 0) is 24.3 Å². The number of carbonyl (C=O) groups is 2. The van der Waals surface area contributed by atoms with E-state index in [1.165, 1.54) is 0 Å². The maximum absolute atomic E-state index is 13.5. The van der Waals surface area contributed by atoms with Crippen molar-refractivity contribution in [1.29, 1.82) is 0 Å². The largest absolute Gasteiger partial charge is 0.478 e. The highest BCUT2D eigenvalue weighted by Crippen LogP contribution is 2.47. The van der Waals surface area contributed by atoms with E-state index < -0.39 is 22.0 Å². The molecule has 2 aliphatic rings. The number of benzene rings is 2. The minimum absolute atomic E-state index is 0.193. The lowest BCUT2D eigenvalue weighted by Gasteiger charge is -2.39. The van der Waals surface area contributed by atoms with Gasteiger partial charge in [0.1, 0.15) is 6.17 Å². The van der Waals surface area contributed by atoms with Crippen LogP contribution in [0, 0.1) is 0 Å². The number of fused-ring (bicyclic) bond motifs is 1. The zero-order valence-electron chi connectivity index (χ0n) is 18.8. The topological polar surface area (TPSA) is 124 Å². The fourth-order valence-corrected chi connectivity index (χ4v) is 6.27. The summed E-state index contributed by atoms with van der Waals surface area (Å²) in [6.07, 6.45) is 1.56. The van der Waals surface area contributed by atoms with Crippen molar-refractivity contribution < 1.29 is 33.0 Å². The van der Waals surface area contributed by atoms with Gasteiger partial charge >= 0.3 is 11.9 Å². The van der Waals surface area contributed by atoms with Gasteiger partial charge in [-0.25, -0.2) is 18.0 Å². The van der Waals surface area contributed by atoms with Crippen LogP contribution in [0.2, 0.25) is 0 Å². The van der Waals surface area contributed by atoms with Crippen LogP contribution in [0.4, 0.5) is 0 Å². The van der Waals surface area contributed by atoms with Gasteiger partial charge in [-0.15, -0.1) is 0 Å². The molecule has 4 rings (SSSR count). The van der Waals surface area contributed by atoms with Crippen molar-refractivity contribution >= 4 is 22.0 Å². The van der Waals surface area contributed by atoms with Crippen LogP contribution >= 0.6 is 0 Å². The van der Waals surface area contributed by atoms with E-state index >= 15 is 0 Å². The van der Waals surface area contributed by atoms with Gasteiger partial charge in [-0.2, -0.15) is 4.31 Å². The third kappa shape index (κ3) is 5.71. The Morgan fingerprint density at radius 1 is 1.00 bits per heavy atom. The molecule has 0 amide bonds. The molecule has 1 saturated heterocycles. The predicted molar refractivity (Wildman–Crippen MR) is 124 cm³/mol. The molecule has 2 aromatic rings. The van der Waals surface area contributed by atoms with E-state index in [4.69, 9.17) is 14.9 Å². The lowest BCUT2D eigenvalue weighted by atomic mass is 10.0. The number of carboxylic acids is 2. The second-order valence-electron chi connectivity index (χ2n) is 7.74. The van der Waals surface area contributed by atoms with Crippen LogP contribution < -0.4 is 0 Å². The van der Waals surface area contributed by atoms with E-state index in [-0.39, 0.29) is 12.2 Å². The molecule has 9 nitrogen and oxygen atoms in total. The average Bonchev–Trinajstić information content (AvgIpc) is 3.07. The zero-order chi connectivity index (χ0) is 24.7. The molecule has 0 aliphatic carbocycles. The Kier molecular flexibility index (Phi) is 8.56. The maximum Gasteiger partial charge on any atom is 0.328 e. The fraction of sp³-hybridized carbons (Fsp3) is 0.333. The second-order valence-corrected chi connectivity index (χ2v) is 9.55. The summed E-state index contributed by atoms with van der Waals surface area (Å²) in [7, 11) is -3.55. The van der Waals surface area contributed by atoms with Gasteiger partial charge in [-0.3, -0.25) is 4.90 Å². The first kappa shape index (κ1) is 25.6. The van der Waals surface area contributed by atoms with Gasteiger partial charge in [0.2, 0.25) is 10.0 Å². The third-order valence-electron chi connectivity index (χ3n) is 5.63. The minimum atomic E-state index is -3.55. The number of nitrogens with zero attached hydrogens (tertiary/aromatic N) is 2. The quantitative estimate of drug-likeness (QED) is 0.595. The Balaban J connectivity index is 0.000000350. The number of hydrogen-bond donors (Lipinski definition) is 2. The summed E-state index contributed by atoms with van der Waals surface area (Å²) in [5.41, 5.74) is 1.91. The number of sulfonamides is 1. The summed E-state index contributed by atoms with van der Waals surface area (Å²) in [6, 6.07) is 17.2. The van der Waals surface area contributed by atoms with Gasteiger partial charge < -0.3 is 14.9 Å². The van der Waals surface area contributed by atoms with Crippen LogP contribution in [0.25, 0.3) is 0 Å². The monoisotopic (exact) mass is 488 g/mol. The van der Waals surface area contributed by atoms with Gasteiger partial charge in [0.25, 0.3) is 0 Å². The molecule has 34 heavy (non-hydrogen) atoms. The van der Waals surface area contributed by atoms with Crippen LogP contribution in [0.3, 0.4) is 0 Å². The summed E-state index contributed by atoms with van der Waals surface area (Å²) < 4.78 is 34.2. The molecule has 0 aromatic heterocycles. The van der Waals surface area contributed by atoms with E-state index in [1.54, 1.807) is 16.4 Å². The molecule has 2 aliphatic heterocycles. The number of aliphatic carboxylic acids is 2. The molecule has 0 spiro atoms. The Bertz CT molecular complexity index is 1110. The van der Waals surface area contributed by atoms with Crippen molar-refractivity contribution in [1.82, 2.24) is 9.21 Å². The number of ether oxygens (including phenoxy) is 1. The Labute approximate surface area is 198 Å². The van der Waals surface area contributed by atoms with Gasteiger partial charge in [0.15, 0.2) is 0 Å². The van der Waals surface area contributed by atoms with Crippen LogP contribution in [0.1, 0.15) is 36.7 Å². The van der Waals surface area contributed by atoms with Crippen LogP contribution in [0.5, 0.6) is 0 Å². The Hall–Kier alpha value is -3.05. The first-order chi connectivity index (χ1) is 16.3. The van der Waals surface area contributed by atoms with Crippen LogP contribution in [-0.4, -0.2) is 66.1 Å². The predicted octanol–water partition coefficient (Wildman–Crippen LogP) is 2.88. The highest BCUT2D eigenvalue weighted by atomic mass is 32.2. The smallest absolute Gasteiger partial charge is 0.328 e. The minimum Gasteiger partial charge on any atom is -0.478 e. The highest BCUT2D eigenvalue weighted by Gasteiger charge is 2.48. The van der Waals surface area contributed by atoms with Gasteiger partial charge in [-0.05, 0) is 18.1 Å². The second kappa shape index (κ2) is 11.4. The SMILES string of the molecule is CCC(c1ccccc1)N1C(N2CCOCC2)c2ccccc2S1(=O)=O.O=C(O)/C=C/C(=O)O. The molecule has 2 N–H and O–H groups in total. The summed E-state index contributed by atoms with van der Waals surface area (Å²) in [5.74, 6) is -2.51. The van der Waals surface area contributed by atoms with Crippen molar-refractivity contribution in [3.8, 4) is 0 Å². The summed E-state index contributed by atoms with van der Waals surface area (Å²) in [5, 5.41) is 15.6. The first-order valence-corrected chi connectivity index (χ1v) is 12.3. The number of rotatable bonds is 6. The molecular formula is C24H28N2O7S. The lowest BCUT2D eigenvalue weighted by Crippen LogP contribution is -2.46. The van der Waals surface area contributed by atoms with Crippen molar-refractivity contribution in [2.24, 2.45) is 0 Å². The van der Waals surface area contributed by atoms with Crippen molar-refractivity contribution in [2.45, 2.75) is 30.4 Å². The standard InChI is InChI=1S/C20H24N2O3S.C4H4O4/c1-2-18(16-8-4-3-5-9-16)22-20(21-12-14-25-15-13-21)17-10-6-7-11-19(17)26(22,23)24;5-3(6)1-2-4(7)8/h3-11,18,20H,2,12-15H2,1H3;1-2H,(H,5,6)(H,7,8)/b;2-1+. The lowest BCUT2D eigenvalue weighted by molar-refractivity contribution is -0.134. The summed E-state index contributed by atoms with van der Waals surface area (Å²) in [6.45, 7) is 4.78. The van der Waals surface area contributed by atoms with Gasteiger partial charge in [0, 0.05) is 30.8 Å². The van der Waals surface area contributed by atoms with E-state index in [9.17, 15) is 18.0 Å². The molecule has 10 heteroatoms.